The van der Waals surface area contributed by atoms with Crippen molar-refractivity contribution in [3.05, 3.63) is 33.9 Å². The number of hydrogen-bond acceptors (Lipinski definition) is 4. The minimum absolute atomic E-state index is 0.124. The van der Waals surface area contributed by atoms with Crippen LogP contribution in [0.15, 0.2) is 18.2 Å². The van der Waals surface area contributed by atoms with Gasteiger partial charge in [-0.25, -0.2) is 0 Å². The van der Waals surface area contributed by atoms with Crippen molar-refractivity contribution in [3.8, 4) is 0 Å². The number of non-ortho nitro benzene ring substituents is 1. The van der Waals surface area contributed by atoms with Gasteiger partial charge in [-0.15, -0.1) is 0 Å². The zero-order chi connectivity index (χ0) is 15.9. The molecule has 7 nitrogen and oxygen atoms in total. The van der Waals surface area contributed by atoms with Crippen LogP contribution in [-0.2, 0) is 9.59 Å². The Morgan fingerprint density at radius 2 is 1.95 bits per heavy atom. The van der Waals surface area contributed by atoms with Crippen LogP contribution >= 0.6 is 0 Å². The fourth-order valence-electron chi connectivity index (χ4n) is 2.66. The largest absolute Gasteiger partial charge is 0.481 e. The van der Waals surface area contributed by atoms with Crippen LogP contribution in [0.25, 0.3) is 0 Å². The molecule has 1 saturated carbocycles. The van der Waals surface area contributed by atoms with Crippen LogP contribution in [-0.4, -0.2) is 21.9 Å². The summed E-state index contributed by atoms with van der Waals surface area (Å²) in [4.78, 5) is 33.5. The first kappa shape index (κ1) is 15.0. The zero-order valence-corrected chi connectivity index (χ0v) is 11.9. The maximum absolute atomic E-state index is 12.2. The fourth-order valence-corrected chi connectivity index (χ4v) is 2.66. The van der Waals surface area contributed by atoms with Gasteiger partial charge < -0.3 is 10.4 Å². The molecular weight excluding hydrogens is 276 g/mol. The Bertz CT molecular complexity index is 638. The van der Waals surface area contributed by atoms with Crippen LogP contribution in [0.1, 0.15) is 19.4 Å². The summed E-state index contributed by atoms with van der Waals surface area (Å²) in [5.74, 6) is -2.78. The summed E-state index contributed by atoms with van der Waals surface area (Å²) in [6, 6.07) is 4.17. The van der Waals surface area contributed by atoms with Gasteiger partial charge in [0.25, 0.3) is 5.69 Å². The molecule has 0 heterocycles. The summed E-state index contributed by atoms with van der Waals surface area (Å²) in [6.45, 7) is 5.15. The Kier molecular flexibility index (Phi) is 3.44. The number of nitro benzene ring substituents is 1. The summed E-state index contributed by atoms with van der Waals surface area (Å²) in [7, 11) is 0. The fraction of sp³-hybridized carbons (Fsp3) is 0.429. The number of rotatable bonds is 4. The van der Waals surface area contributed by atoms with E-state index in [1.165, 1.54) is 12.1 Å². The highest BCUT2D eigenvalue weighted by Crippen LogP contribution is 2.58. The minimum atomic E-state index is -1.00. The number of hydrogen-bond donors (Lipinski definition) is 2. The third-order valence-corrected chi connectivity index (χ3v) is 4.07. The van der Waals surface area contributed by atoms with Crippen LogP contribution < -0.4 is 5.32 Å². The summed E-state index contributed by atoms with van der Waals surface area (Å²) in [6.07, 6.45) is 0. The third kappa shape index (κ3) is 2.58. The second-order valence-electron chi connectivity index (χ2n) is 5.86. The Hall–Kier alpha value is -2.44. The third-order valence-electron chi connectivity index (χ3n) is 4.07. The summed E-state index contributed by atoms with van der Waals surface area (Å²) in [5.41, 5.74) is 0.283. The molecule has 2 rings (SSSR count). The Morgan fingerprint density at radius 1 is 1.33 bits per heavy atom. The van der Waals surface area contributed by atoms with Gasteiger partial charge in [0.15, 0.2) is 0 Å². The summed E-state index contributed by atoms with van der Waals surface area (Å²) >= 11 is 0. The molecule has 1 aromatic rings. The van der Waals surface area contributed by atoms with Gasteiger partial charge in [-0.05, 0) is 17.9 Å². The molecule has 0 radical (unpaired) electrons. The number of nitrogens with one attached hydrogen (secondary N) is 1. The van der Waals surface area contributed by atoms with Crippen LogP contribution in [0.3, 0.4) is 0 Å². The van der Waals surface area contributed by atoms with Gasteiger partial charge in [0.05, 0.1) is 22.4 Å². The maximum atomic E-state index is 12.2. The van der Waals surface area contributed by atoms with Gasteiger partial charge >= 0.3 is 5.97 Å². The summed E-state index contributed by atoms with van der Waals surface area (Å²) < 4.78 is 0. The van der Waals surface area contributed by atoms with Crippen molar-refractivity contribution in [2.75, 3.05) is 5.32 Å². The number of carboxylic acid groups (broad SMARTS) is 1. The zero-order valence-electron chi connectivity index (χ0n) is 11.9. The van der Waals surface area contributed by atoms with E-state index < -0.39 is 34.1 Å². The highest BCUT2D eigenvalue weighted by Gasteiger charge is 2.65. The van der Waals surface area contributed by atoms with Crippen molar-refractivity contribution in [1.29, 1.82) is 0 Å². The van der Waals surface area contributed by atoms with Crippen molar-refractivity contribution < 1.29 is 19.6 Å². The average Bonchev–Trinajstić information content (AvgIpc) is 2.95. The number of aryl methyl sites for hydroxylation is 1. The molecule has 2 N–H and O–H groups in total. The van der Waals surface area contributed by atoms with Gasteiger partial charge in [0, 0.05) is 12.1 Å². The first-order valence-electron chi connectivity index (χ1n) is 6.45. The predicted octanol–water partition coefficient (Wildman–Crippen LogP) is 2.20. The SMILES string of the molecule is Cc1ccc([N+](=O)[O-])cc1NC(=O)C1C(C(=O)O)C1(C)C. The van der Waals surface area contributed by atoms with Crippen molar-refractivity contribution >= 4 is 23.3 Å². The van der Waals surface area contributed by atoms with Gasteiger partial charge in [0.1, 0.15) is 0 Å². The van der Waals surface area contributed by atoms with Crippen molar-refractivity contribution in [3.63, 3.8) is 0 Å². The van der Waals surface area contributed by atoms with Gasteiger partial charge in [-0.3, -0.25) is 19.7 Å². The van der Waals surface area contributed by atoms with E-state index in [2.05, 4.69) is 5.32 Å². The smallest absolute Gasteiger partial charge is 0.307 e. The standard InChI is InChI=1S/C14H16N2O5/c1-7-4-5-8(16(20)21)6-9(7)15-12(17)10-11(13(18)19)14(10,2)3/h4-6,10-11H,1-3H3,(H,15,17)(H,18,19). The molecule has 7 heteroatoms. The highest BCUT2D eigenvalue weighted by molar-refractivity contribution is 6.00. The number of carbonyl (C=O) groups excluding carboxylic acids is 1. The van der Waals surface area contributed by atoms with E-state index in [0.717, 1.165) is 0 Å². The number of benzene rings is 1. The highest BCUT2D eigenvalue weighted by atomic mass is 16.6. The molecule has 112 valence electrons. The van der Waals surface area contributed by atoms with E-state index in [1.54, 1.807) is 26.8 Å². The monoisotopic (exact) mass is 292 g/mol. The number of nitro groups is 1. The number of anilines is 1. The van der Waals surface area contributed by atoms with Crippen LogP contribution in [0.2, 0.25) is 0 Å². The normalized spacial score (nSPS) is 22.4. The number of carboxylic acids is 1. The molecule has 0 aliphatic heterocycles. The van der Waals surface area contributed by atoms with Crippen LogP contribution in [0, 0.1) is 34.3 Å². The van der Waals surface area contributed by atoms with Gasteiger partial charge in [0.2, 0.25) is 5.91 Å². The summed E-state index contributed by atoms with van der Waals surface area (Å²) in [5, 5.41) is 22.4. The maximum Gasteiger partial charge on any atom is 0.307 e. The minimum Gasteiger partial charge on any atom is -0.481 e. The van der Waals surface area contributed by atoms with E-state index in [9.17, 15) is 19.7 Å². The molecule has 0 aromatic heterocycles. The molecule has 1 amide bonds. The topological polar surface area (TPSA) is 110 Å². The second-order valence-corrected chi connectivity index (χ2v) is 5.86. The number of carbonyl (C=O) groups is 2. The number of amides is 1. The number of nitrogens with zero attached hydrogens (tertiary/aromatic N) is 1. The molecule has 1 aromatic carbocycles. The van der Waals surface area contributed by atoms with E-state index >= 15 is 0 Å². The van der Waals surface area contributed by atoms with Crippen molar-refractivity contribution in [2.24, 2.45) is 17.3 Å². The predicted molar refractivity (Wildman–Crippen MR) is 74.9 cm³/mol. The number of aliphatic carboxylic acids is 1. The lowest BCUT2D eigenvalue weighted by atomic mass is 10.1. The second kappa shape index (κ2) is 4.83. The molecule has 1 fully saturated rings. The van der Waals surface area contributed by atoms with Gasteiger partial charge in [-0.1, -0.05) is 19.9 Å². The lowest BCUT2D eigenvalue weighted by Crippen LogP contribution is -2.18. The first-order chi connectivity index (χ1) is 9.66. The van der Waals surface area contributed by atoms with E-state index in [1.807, 2.05) is 0 Å². The Balaban J connectivity index is 2.20. The first-order valence-corrected chi connectivity index (χ1v) is 6.45. The van der Waals surface area contributed by atoms with Gasteiger partial charge in [-0.2, -0.15) is 0 Å². The Labute approximate surface area is 121 Å². The molecule has 2 atom stereocenters. The van der Waals surface area contributed by atoms with Crippen molar-refractivity contribution in [1.82, 2.24) is 0 Å². The molecule has 1 aliphatic carbocycles. The molecular formula is C14H16N2O5. The van der Waals surface area contributed by atoms with E-state index in [0.29, 0.717) is 11.3 Å². The molecule has 0 spiro atoms. The average molecular weight is 292 g/mol. The molecule has 0 bridgehead atoms. The molecule has 2 unspecified atom stereocenters. The van der Waals surface area contributed by atoms with Crippen LogP contribution in [0.4, 0.5) is 11.4 Å². The van der Waals surface area contributed by atoms with Crippen LogP contribution in [0.5, 0.6) is 0 Å². The van der Waals surface area contributed by atoms with E-state index in [-0.39, 0.29) is 5.69 Å². The molecule has 21 heavy (non-hydrogen) atoms. The molecule has 1 aliphatic rings. The van der Waals surface area contributed by atoms with Crippen molar-refractivity contribution in [2.45, 2.75) is 20.8 Å². The quantitative estimate of drug-likeness (QED) is 0.653. The Morgan fingerprint density at radius 3 is 2.43 bits per heavy atom. The van der Waals surface area contributed by atoms with E-state index in [4.69, 9.17) is 5.11 Å². The molecule has 0 saturated heterocycles. The lowest BCUT2D eigenvalue weighted by Gasteiger charge is -2.08. The lowest BCUT2D eigenvalue weighted by molar-refractivity contribution is -0.384.